The topological polar surface area (TPSA) is 46.9 Å². The van der Waals surface area contributed by atoms with Gasteiger partial charge in [-0.05, 0) is 49.2 Å². The Morgan fingerprint density at radius 3 is 2.67 bits per heavy atom. The number of aromatic nitrogens is 2. The van der Waals surface area contributed by atoms with Gasteiger partial charge in [0.2, 0.25) is 5.91 Å². The highest BCUT2D eigenvalue weighted by atomic mass is 35.5. The highest BCUT2D eigenvalue weighted by Gasteiger charge is 2.13. The maximum absolute atomic E-state index is 12.3. The number of benzene rings is 2. The van der Waals surface area contributed by atoms with E-state index in [1.165, 1.54) is 6.08 Å². The van der Waals surface area contributed by atoms with Crippen molar-refractivity contribution >= 4 is 40.9 Å². The Morgan fingerprint density at radius 1 is 1.15 bits per heavy atom. The summed E-state index contributed by atoms with van der Waals surface area (Å²) in [6.07, 6.45) is 3.16. The van der Waals surface area contributed by atoms with Crippen LogP contribution in [0.25, 0.3) is 6.08 Å². The summed E-state index contributed by atoms with van der Waals surface area (Å²) < 4.78 is 1.86. The molecular weight excluding hydrogens is 381 g/mol. The number of rotatable bonds is 5. The van der Waals surface area contributed by atoms with Gasteiger partial charge in [0.1, 0.15) is 0 Å². The molecule has 138 valence electrons. The van der Waals surface area contributed by atoms with Crippen LogP contribution < -0.4 is 5.32 Å². The van der Waals surface area contributed by atoms with E-state index in [0.717, 1.165) is 22.5 Å². The Bertz CT molecular complexity index is 1010. The van der Waals surface area contributed by atoms with Crippen molar-refractivity contribution in [3.8, 4) is 0 Å². The summed E-state index contributed by atoms with van der Waals surface area (Å²) in [6, 6.07) is 15.0. The third-order valence-electron chi connectivity index (χ3n) is 4.17. The summed E-state index contributed by atoms with van der Waals surface area (Å²) >= 11 is 12.2. The second-order valence-electron chi connectivity index (χ2n) is 6.18. The fraction of sp³-hybridized carbons (Fsp3) is 0.143. The van der Waals surface area contributed by atoms with E-state index in [2.05, 4.69) is 10.4 Å². The predicted octanol–water partition coefficient (Wildman–Crippen LogP) is 5.51. The molecule has 0 unspecified atom stereocenters. The van der Waals surface area contributed by atoms with Crippen LogP contribution in [0.15, 0.2) is 54.6 Å². The van der Waals surface area contributed by atoms with E-state index in [-0.39, 0.29) is 5.91 Å². The molecule has 1 aromatic heterocycles. The molecule has 0 radical (unpaired) electrons. The number of hydrogen-bond donors (Lipinski definition) is 1. The molecule has 0 aliphatic carbocycles. The number of amides is 1. The van der Waals surface area contributed by atoms with Crippen LogP contribution in [-0.4, -0.2) is 15.7 Å². The Hall–Kier alpha value is -2.56. The summed E-state index contributed by atoms with van der Waals surface area (Å²) in [5.41, 5.74) is 4.19. The first-order chi connectivity index (χ1) is 12.9. The van der Waals surface area contributed by atoms with Gasteiger partial charge in [0.25, 0.3) is 0 Å². The van der Waals surface area contributed by atoms with Crippen molar-refractivity contribution in [2.75, 3.05) is 5.32 Å². The second-order valence-corrected chi connectivity index (χ2v) is 7.02. The van der Waals surface area contributed by atoms with Crippen LogP contribution in [0, 0.1) is 13.8 Å². The molecular formula is C21H19Cl2N3O. The van der Waals surface area contributed by atoms with Crippen molar-refractivity contribution < 1.29 is 4.79 Å². The van der Waals surface area contributed by atoms with Gasteiger partial charge in [-0.25, -0.2) is 0 Å². The smallest absolute Gasteiger partial charge is 0.248 e. The lowest BCUT2D eigenvalue weighted by atomic mass is 10.2. The van der Waals surface area contributed by atoms with Crippen molar-refractivity contribution in [3.05, 3.63) is 87.2 Å². The minimum Gasteiger partial charge on any atom is -0.319 e. The fourth-order valence-corrected chi connectivity index (χ4v) is 3.19. The first-order valence-corrected chi connectivity index (χ1v) is 9.21. The molecule has 1 heterocycles. The van der Waals surface area contributed by atoms with E-state index < -0.39 is 0 Å². The maximum atomic E-state index is 12.3. The predicted molar refractivity (Wildman–Crippen MR) is 111 cm³/mol. The molecule has 0 bridgehead atoms. The Labute approximate surface area is 168 Å². The standard InChI is InChI=1S/C21H19Cl2N3O/c1-14-21(24-20(27)11-10-17-7-3-4-9-19(17)23)15(2)26(25-14)13-16-6-5-8-18(22)12-16/h3-12H,13H2,1-2H3,(H,24,27). The number of nitrogens with one attached hydrogen (secondary N) is 1. The van der Waals surface area contributed by atoms with Crippen molar-refractivity contribution in [3.63, 3.8) is 0 Å². The number of anilines is 1. The molecule has 0 aliphatic heterocycles. The van der Waals surface area contributed by atoms with Gasteiger partial charge in [-0.15, -0.1) is 0 Å². The van der Waals surface area contributed by atoms with Crippen LogP contribution in [0.2, 0.25) is 10.0 Å². The van der Waals surface area contributed by atoms with Crippen molar-refractivity contribution in [1.82, 2.24) is 9.78 Å². The number of halogens is 2. The largest absolute Gasteiger partial charge is 0.319 e. The lowest BCUT2D eigenvalue weighted by Gasteiger charge is -2.06. The van der Waals surface area contributed by atoms with Gasteiger partial charge in [0.05, 0.1) is 23.6 Å². The normalized spacial score (nSPS) is 11.1. The van der Waals surface area contributed by atoms with Crippen molar-refractivity contribution in [2.45, 2.75) is 20.4 Å². The van der Waals surface area contributed by atoms with Crippen molar-refractivity contribution in [2.24, 2.45) is 0 Å². The third-order valence-corrected chi connectivity index (χ3v) is 4.75. The number of carbonyl (C=O) groups excluding carboxylic acids is 1. The molecule has 1 amide bonds. The number of aryl methyl sites for hydroxylation is 1. The van der Waals surface area contributed by atoms with E-state index in [4.69, 9.17) is 23.2 Å². The van der Waals surface area contributed by atoms with E-state index >= 15 is 0 Å². The molecule has 27 heavy (non-hydrogen) atoms. The number of nitrogens with zero attached hydrogens (tertiary/aromatic N) is 2. The summed E-state index contributed by atoms with van der Waals surface area (Å²) in [4.78, 5) is 12.3. The van der Waals surface area contributed by atoms with Crippen LogP contribution in [0.3, 0.4) is 0 Å². The summed E-state index contributed by atoms with van der Waals surface area (Å²) in [6.45, 7) is 4.38. The van der Waals surface area contributed by atoms with Crippen LogP contribution >= 0.6 is 23.2 Å². The molecule has 1 N–H and O–H groups in total. The zero-order chi connectivity index (χ0) is 19.4. The minimum atomic E-state index is -0.233. The molecule has 0 atom stereocenters. The maximum Gasteiger partial charge on any atom is 0.248 e. The monoisotopic (exact) mass is 399 g/mol. The lowest BCUT2D eigenvalue weighted by molar-refractivity contribution is -0.111. The molecule has 4 nitrogen and oxygen atoms in total. The van der Waals surface area contributed by atoms with Gasteiger partial charge in [-0.2, -0.15) is 5.10 Å². The molecule has 2 aromatic carbocycles. The number of hydrogen-bond acceptors (Lipinski definition) is 2. The average Bonchev–Trinajstić information content (AvgIpc) is 2.88. The zero-order valence-electron chi connectivity index (χ0n) is 15.0. The van der Waals surface area contributed by atoms with Crippen LogP contribution in [0.4, 0.5) is 5.69 Å². The van der Waals surface area contributed by atoms with E-state index in [1.54, 1.807) is 12.1 Å². The van der Waals surface area contributed by atoms with E-state index in [9.17, 15) is 4.79 Å². The van der Waals surface area contributed by atoms with Gasteiger partial charge < -0.3 is 5.32 Å². The quantitative estimate of drug-likeness (QED) is 0.575. The van der Waals surface area contributed by atoms with Crippen LogP contribution in [-0.2, 0) is 11.3 Å². The molecule has 0 saturated heterocycles. The SMILES string of the molecule is Cc1nn(Cc2cccc(Cl)c2)c(C)c1NC(=O)C=Cc1ccccc1Cl. The molecule has 6 heteroatoms. The zero-order valence-corrected chi connectivity index (χ0v) is 16.6. The molecule has 3 rings (SSSR count). The first kappa shape index (κ1) is 19.2. The van der Waals surface area contributed by atoms with Crippen LogP contribution in [0.1, 0.15) is 22.5 Å². The lowest BCUT2D eigenvalue weighted by Crippen LogP contribution is -2.10. The van der Waals surface area contributed by atoms with Crippen LogP contribution in [0.5, 0.6) is 0 Å². The van der Waals surface area contributed by atoms with E-state index in [0.29, 0.717) is 22.3 Å². The van der Waals surface area contributed by atoms with Gasteiger partial charge in [0.15, 0.2) is 0 Å². The van der Waals surface area contributed by atoms with Gasteiger partial charge in [-0.1, -0.05) is 53.5 Å². The molecule has 0 aliphatic rings. The highest BCUT2D eigenvalue weighted by molar-refractivity contribution is 6.32. The van der Waals surface area contributed by atoms with Gasteiger partial charge in [-0.3, -0.25) is 9.48 Å². The van der Waals surface area contributed by atoms with Crippen molar-refractivity contribution in [1.29, 1.82) is 0 Å². The number of carbonyl (C=O) groups is 1. The summed E-state index contributed by atoms with van der Waals surface area (Å²) in [5.74, 6) is -0.233. The molecule has 0 saturated carbocycles. The Kier molecular flexibility index (Phi) is 5.99. The molecule has 0 spiro atoms. The van der Waals surface area contributed by atoms with E-state index in [1.807, 2.05) is 61.0 Å². The first-order valence-electron chi connectivity index (χ1n) is 8.46. The fourth-order valence-electron chi connectivity index (χ4n) is 2.78. The summed E-state index contributed by atoms with van der Waals surface area (Å²) in [7, 11) is 0. The minimum absolute atomic E-state index is 0.233. The molecule has 0 fully saturated rings. The van der Waals surface area contributed by atoms with Gasteiger partial charge in [0, 0.05) is 16.1 Å². The third kappa shape index (κ3) is 4.79. The Balaban J connectivity index is 1.74. The van der Waals surface area contributed by atoms with Gasteiger partial charge >= 0.3 is 0 Å². The summed E-state index contributed by atoms with van der Waals surface area (Å²) in [5, 5.41) is 8.73. The molecule has 3 aromatic rings. The second kappa shape index (κ2) is 8.42. The Morgan fingerprint density at radius 2 is 1.93 bits per heavy atom. The average molecular weight is 400 g/mol. The highest BCUT2D eigenvalue weighted by Crippen LogP contribution is 2.22.